The van der Waals surface area contributed by atoms with Crippen molar-refractivity contribution in [3.63, 3.8) is 0 Å². The van der Waals surface area contributed by atoms with Crippen molar-refractivity contribution < 1.29 is 4.57 Å². The van der Waals surface area contributed by atoms with Gasteiger partial charge in [0.2, 0.25) is 0 Å². The molecule has 1 unspecified atom stereocenters. The Morgan fingerprint density at radius 3 is 2.50 bits per heavy atom. The van der Waals surface area contributed by atoms with E-state index < -0.39 is 5.44 Å². The molecular weight excluding hydrogens is 234 g/mol. The summed E-state index contributed by atoms with van der Waals surface area (Å²) in [5.74, 6) is 0. The Morgan fingerprint density at radius 1 is 1.50 bits per heavy atom. The van der Waals surface area contributed by atoms with Gasteiger partial charge in [-0.15, -0.1) is 0 Å². The van der Waals surface area contributed by atoms with Crippen LogP contribution in [-0.4, -0.2) is 6.16 Å². The highest BCUT2D eigenvalue weighted by Crippen LogP contribution is 2.31. The van der Waals surface area contributed by atoms with Crippen LogP contribution in [0.4, 0.5) is 0 Å². The molecule has 1 nitrogen and oxygen atoms in total. The van der Waals surface area contributed by atoms with Gasteiger partial charge >= 0.3 is 5.44 Å². The molecule has 0 bridgehead atoms. The smallest absolute Gasteiger partial charge is 0.0654 e. The van der Waals surface area contributed by atoms with E-state index in [2.05, 4.69) is 6.92 Å². The Labute approximate surface area is 64.5 Å². The molecule has 0 heterocycles. The van der Waals surface area contributed by atoms with Crippen molar-refractivity contribution in [1.29, 1.82) is 0 Å². The van der Waals surface area contributed by atoms with Crippen LogP contribution in [0.25, 0.3) is 0 Å². The van der Waals surface area contributed by atoms with Gasteiger partial charge in [0.1, 0.15) is 0 Å². The van der Waals surface area contributed by atoms with Crippen molar-refractivity contribution in [2.75, 3.05) is 6.16 Å². The summed E-state index contributed by atoms with van der Waals surface area (Å²) in [6.07, 6.45) is 4.49. The SMILES string of the molecule is CCCCC[P+](=O)I. The third-order valence-corrected chi connectivity index (χ3v) is 3.05. The van der Waals surface area contributed by atoms with E-state index >= 15 is 0 Å². The number of unbranched alkanes of at least 4 members (excludes halogenated alkanes) is 2. The Hall–Kier alpha value is 0.830. The lowest BCUT2D eigenvalue weighted by atomic mass is 10.3. The number of halogens is 1. The first kappa shape index (κ1) is 8.83. The van der Waals surface area contributed by atoms with Gasteiger partial charge in [0.15, 0.2) is 6.16 Å². The van der Waals surface area contributed by atoms with Gasteiger partial charge in [-0.1, -0.05) is 17.9 Å². The zero-order valence-corrected chi connectivity index (χ0v) is 8.11. The minimum Gasteiger partial charge on any atom is -0.0654 e. The molecule has 0 aromatic heterocycles. The van der Waals surface area contributed by atoms with Gasteiger partial charge in [-0.2, -0.15) is 0 Å². The summed E-state index contributed by atoms with van der Waals surface area (Å²) in [5, 5.41) is 0. The van der Waals surface area contributed by atoms with Crippen LogP contribution in [0.15, 0.2) is 0 Å². The average molecular weight is 245 g/mol. The van der Waals surface area contributed by atoms with Gasteiger partial charge in [-0.3, -0.25) is 0 Å². The molecule has 0 amide bonds. The largest absolute Gasteiger partial charge is 0.404 e. The Kier molecular flexibility index (Phi) is 6.58. The molecule has 0 aliphatic rings. The minimum atomic E-state index is -0.892. The molecule has 0 saturated carbocycles. The maximum atomic E-state index is 10.5. The van der Waals surface area contributed by atoms with Gasteiger partial charge in [0, 0.05) is 0 Å². The molecule has 0 N–H and O–H groups in total. The fraction of sp³-hybridized carbons (Fsp3) is 1.00. The van der Waals surface area contributed by atoms with Crippen molar-refractivity contribution >= 4 is 27.5 Å². The summed E-state index contributed by atoms with van der Waals surface area (Å²) < 4.78 is 10.5. The molecule has 0 aliphatic carbocycles. The van der Waals surface area contributed by atoms with Crippen LogP contribution in [0, 0.1) is 0 Å². The maximum absolute atomic E-state index is 10.5. The van der Waals surface area contributed by atoms with E-state index in [-0.39, 0.29) is 0 Å². The van der Waals surface area contributed by atoms with E-state index in [0.717, 1.165) is 12.6 Å². The zero-order valence-electron chi connectivity index (χ0n) is 5.06. The fourth-order valence-corrected chi connectivity index (χ4v) is 1.98. The highest BCUT2D eigenvalue weighted by atomic mass is 127. The number of hydrogen-bond donors (Lipinski definition) is 0. The van der Waals surface area contributed by atoms with E-state index in [1.165, 1.54) is 12.8 Å². The lowest BCUT2D eigenvalue weighted by molar-refractivity contribution is 0.595. The summed E-state index contributed by atoms with van der Waals surface area (Å²) in [4.78, 5) is 0. The second kappa shape index (κ2) is 5.96. The molecule has 0 spiro atoms. The molecule has 0 radical (unpaired) electrons. The lowest BCUT2D eigenvalue weighted by Gasteiger charge is -1.83. The summed E-state index contributed by atoms with van der Waals surface area (Å²) in [7, 11) is 0. The fourth-order valence-electron chi connectivity index (χ4n) is 0.486. The molecule has 8 heavy (non-hydrogen) atoms. The summed E-state index contributed by atoms with van der Waals surface area (Å²) in [5.41, 5.74) is -0.892. The summed E-state index contributed by atoms with van der Waals surface area (Å²) in [6, 6.07) is 0. The van der Waals surface area contributed by atoms with Gasteiger partial charge in [-0.05, 0) is 12.8 Å². The van der Waals surface area contributed by atoms with Crippen molar-refractivity contribution in [1.82, 2.24) is 0 Å². The first-order valence-electron chi connectivity index (χ1n) is 2.87. The molecule has 0 rings (SSSR count). The molecule has 0 aliphatic heterocycles. The Balaban J connectivity index is 2.82. The highest BCUT2D eigenvalue weighted by Gasteiger charge is 2.06. The van der Waals surface area contributed by atoms with Crippen LogP contribution in [0.1, 0.15) is 26.2 Å². The number of rotatable bonds is 4. The van der Waals surface area contributed by atoms with Crippen LogP contribution in [0.5, 0.6) is 0 Å². The Bertz CT molecular complexity index is 74.8. The predicted molar refractivity (Wildman–Crippen MR) is 46.0 cm³/mol. The molecule has 3 heteroatoms. The van der Waals surface area contributed by atoms with E-state index in [0.29, 0.717) is 0 Å². The summed E-state index contributed by atoms with van der Waals surface area (Å²) in [6.45, 7) is 2.15. The van der Waals surface area contributed by atoms with Crippen LogP contribution >= 0.6 is 27.5 Å². The lowest BCUT2D eigenvalue weighted by Crippen LogP contribution is -1.73. The van der Waals surface area contributed by atoms with E-state index in [4.69, 9.17) is 0 Å². The van der Waals surface area contributed by atoms with Gasteiger partial charge in [0.05, 0.1) is 0 Å². The van der Waals surface area contributed by atoms with Crippen LogP contribution in [0.3, 0.4) is 0 Å². The predicted octanol–water partition coefficient (Wildman–Crippen LogP) is 3.35. The van der Waals surface area contributed by atoms with Gasteiger partial charge in [-0.25, -0.2) is 0 Å². The van der Waals surface area contributed by atoms with Crippen molar-refractivity contribution in [2.45, 2.75) is 26.2 Å². The second-order valence-electron chi connectivity index (χ2n) is 1.75. The quantitative estimate of drug-likeness (QED) is 0.421. The summed E-state index contributed by atoms with van der Waals surface area (Å²) >= 11 is 1.99. The van der Waals surface area contributed by atoms with Gasteiger partial charge < -0.3 is 0 Å². The first-order chi connectivity index (χ1) is 3.77. The third-order valence-electron chi connectivity index (χ3n) is 0.937. The van der Waals surface area contributed by atoms with Crippen molar-refractivity contribution in [3.8, 4) is 0 Å². The molecule has 0 saturated heterocycles. The van der Waals surface area contributed by atoms with E-state index in [1.54, 1.807) is 0 Å². The maximum Gasteiger partial charge on any atom is 0.404 e. The normalized spacial score (nSPS) is 11.5. The second-order valence-corrected chi connectivity index (χ2v) is 6.06. The topological polar surface area (TPSA) is 17.1 Å². The minimum absolute atomic E-state index is 0.892. The zero-order chi connectivity index (χ0) is 6.41. The third kappa shape index (κ3) is 6.83. The monoisotopic (exact) mass is 245 g/mol. The highest BCUT2D eigenvalue weighted by molar-refractivity contribution is 14.2. The van der Waals surface area contributed by atoms with Gasteiger partial charge in [0.25, 0.3) is 22.0 Å². The molecule has 0 aromatic carbocycles. The molecule has 48 valence electrons. The van der Waals surface area contributed by atoms with Crippen LogP contribution in [0.2, 0.25) is 0 Å². The van der Waals surface area contributed by atoms with Crippen molar-refractivity contribution in [3.05, 3.63) is 0 Å². The molecule has 0 aromatic rings. The molecular formula is C5H11IOP+. The van der Waals surface area contributed by atoms with Crippen LogP contribution < -0.4 is 0 Å². The standard InChI is InChI=1S/C5H11IOP/c1-2-3-4-5-8(6)7/h2-5H2,1H3/q+1. The molecule has 1 atom stereocenters. The number of hydrogen-bond acceptors (Lipinski definition) is 1. The first-order valence-corrected chi connectivity index (χ1v) is 7.11. The Morgan fingerprint density at radius 2 is 2.12 bits per heavy atom. The average Bonchev–Trinajstić information content (AvgIpc) is 1.66. The van der Waals surface area contributed by atoms with E-state index in [9.17, 15) is 4.57 Å². The van der Waals surface area contributed by atoms with Crippen molar-refractivity contribution in [2.24, 2.45) is 0 Å². The van der Waals surface area contributed by atoms with E-state index in [1.807, 2.05) is 22.0 Å². The van der Waals surface area contributed by atoms with Crippen LogP contribution in [-0.2, 0) is 4.57 Å². The molecule has 0 fully saturated rings.